The molecule has 142 valence electrons. The lowest BCUT2D eigenvalue weighted by Crippen LogP contribution is -2.49. The molecule has 27 heavy (non-hydrogen) atoms. The maximum absolute atomic E-state index is 12.6. The third kappa shape index (κ3) is 4.28. The first-order valence-corrected chi connectivity index (χ1v) is 11.3. The second-order valence-corrected chi connectivity index (χ2v) is 9.67. The van der Waals surface area contributed by atoms with Crippen molar-refractivity contribution in [3.63, 3.8) is 0 Å². The van der Waals surface area contributed by atoms with Crippen LogP contribution in [0.1, 0.15) is 39.0 Å². The van der Waals surface area contributed by atoms with Gasteiger partial charge in [-0.25, -0.2) is 13.4 Å². The van der Waals surface area contributed by atoms with E-state index in [2.05, 4.69) is 4.98 Å². The van der Waals surface area contributed by atoms with Gasteiger partial charge in [0.25, 0.3) is 5.91 Å². The lowest BCUT2D eigenvalue weighted by atomic mass is 10.2. The van der Waals surface area contributed by atoms with Crippen molar-refractivity contribution < 1.29 is 13.2 Å². The Kier molecular flexibility index (Phi) is 5.12. The van der Waals surface area contributed by atoms with Crippen LogP contribution in [0.2, 0.25) is 0 Å². The third-order valence-corrected chi connectivity index (χ3v) is 7.49. The lowest BCUT2D eigenvalue weighted by molar-refractivity contribution is 0.0703. The van der Waals surface area contributed by atoms with Crippen LogP contribution in [0.25, 0.3) is 6.08 Å². The van der Waals surface area contributed by atoms with Gasteiger partial charge in [0.2, 0.25) is 10.0 Å². The summed E-state index contributed by atoms with van der Waals surface area (Å²) in [5.74, 6) is 0.492. The molecule has 0 radical (unpaired) electrons. The lowest BCUT2D eigenvalue weighted by Gasteiger charge is -2.33. The van der Waals surface area contributed by atoms with Crippen LogP contribution >= 0.6 is 11.3 Å². The van der Waals surface area contributed by atoms with Gasteiger partial charge in [0.05, 0.1) is 11.2 Å². The Morgan fingerprint density at radius 1 is 1.11 bits per heavy atom. The van der Waals surface area contributed by atoms with Gasteiger partial charge in [-0.05, 0) is 24.5 Å². The van der Waals surface area contributed by atoms with Gasteiger partial charge in [-0.15, -0.1) is 11.3 Å². The van der Waals surface area contributed by atoms with Crippen LogP contribution in [0.5, 0.6) is 0 Å². The number of carbonyl (C=O) groups is 1. The Hall–Kier alpha value is -2.03. The second kappa shape index (κ2) is 7.53. The highest BCUT2D eigenvalue weighted by Gasteiger charge is 2.31. The van der Waals surface area contributed by atoms with Crippen molar-refractivity contribution >= 4 is 33.3 Å². The van der Waals surface area contributed by atoms with Crippen LogP contribution in [0.4, 0.5) is 0 Å². The monoisotopic (exact) mass is 403 g/mol. The highest BCUT2D eigenvalue weighted by Crippen LogP contribution is 2.41. The number of hydrogen-bond acceptors (Lipinski definition) is 5. The van der Waals surface area contributed by atoms with Crippen molar-refractivity contribution in [2.45, 2.75) is 18.8 Å². The number of aromatic nitrogens is 1. The molecule has 4 rings (SSSR count). The first kappa shape index (κ1) is 18.3. The van der Waals surface area contributed by atoms with E-state index in [0.717, 1.165) is 23.4 Å². The molecule has 1 saturated heterocycles. The molecule has 2 heterocycles. The molecule has 1 aliphatic carbocycles. The summed E-state index contributed by atoms with van der Waals surface area (Å²) >= 11 is 1.47. The van der Waals surface area contributed by atoms with Crippen molar-refractivity contribution in [2.75, 3.05) is 26.2 Å². The summed E-state index contributed by atoms with van der Waals surface area (Å²) in [5.41, 5.74) is 0.839. The first-order valence-electron chi connectivity index (χ1n) is 9.01. The molecule has 1 aromatic heterocycles. The fraction of sp³-hybridized carbons (Fsp3) is 0.368. The second-order valence-electron chi connectivity index (χ2n) is 6.79. The highest BCUT2D eigenvalue weighted by molar-refractivity contribution is 7.92. The average molecular weight is 404 g/mol. The number of carbonyl (C=O) groups excluding carboxylic acids is 1. The SMILES string of the molecule is O=C(c1cnc(C2CC2)s1)N1CCN(S(=O)(=O)/C=C/c2ccccc2)CC1. The summed E-state index contributed by atoms with van der Waals surface area (Å²) < 4.78 is 26.5. The van der Waals surface area contributed by atoms with Gasteiger partial charge in [0, 0.05) is 37.5 Å². The molecule has 0 bridgehead atoms. The zero-order valence-electron chi connectivity index (χ0n) is 14.8. The fourth-order valence-electron chi connectivity index (χ4n) is 3.02. The number of rotatable bonds is 5. The number of piperazine rings is 1. The molecular formula is C19H21N3O3S2. The van der Waals surface area contributed by atoms with E-state index in [1.54, 1.807) is 17.2 Å². The van der Waals surface area contributed by atoms with E-state index in [1.807, 2.05) is 30.3 Å². The Balaban J connectivity index is 1.36. The van der Waals surface area contributed by atoms with Gasteiger partial charge in [0.15, 0.2) is 0 Å². The predicted octanol–water partition coefficient (Wildman–Crippen LogP) is 2.78. The van der Waals surface area contributed by atoms with E-state index in [1.165, 1.54) is 21.1 Å². The molecule has 1 aliphatic heterocycles. The normalized spacial score (nSPS) is 18.9. The summed E-state index contributed by atoms with van der Waals surface area (Å²) in [4.78, 5) is 19.4. The van der Waals surface area contributed by atoms with Crippen molar-refractivity contribution in [3.05, 3.63) is 57.4 Å². The maximum Gasteiger partial charge on any atom is 0.265 e. The maximum atomic E-state index is 12.6. The van der Waals surface area contributed by atoms with Crippen molar-refractivity contribution in [1.29, 1.82) is 0 Å². The topological polar surface area (TPSA) is 70.6 Å². The number of benzene rings is 1. The van der Waals surface area contributed by atoms with Crippen LogP contribution < -0.4 is 0 Å². The molecule has 6 nitrogen and oxygen atoms in total. The molecule has 2 fully saturated rings. The summed E-state index contributed by atoms with van der Waals surface area (Å²) in [7, 11) is -3.49. The van der Waals surface area contributed by atoms with Gasteiger partial charge >= 0.3 is 0 Å². The van der Waals surface area contributed by atoms with Crippen LogP contribution in [0, 0.1) is 0 Å². The Morgan fingerprint density at radius 3 is 2.48 bits per heavy atom. The molecule has 0 atom stereocenters. The molecule has 1 aromatic carbocycles. The van der Waals surface area contributed by atoms with Crippen molar-refractivity contribution in [2.24, 2.45) is 0 Å². The van der Waals surface area contributed by atoms with Crippen LogP contribution in [0.15, 0.2) is 41.9 Å². The molecule has 2 aliphatic rings. The minimum absolute atomic E-state index is 0.0451. The largest absolute Gasteiger partial charge is 0.335 e. The average Bonchev–Trinajstić information content (AvgIpc) is 3.44. The number of thiazole rings is 1. The van der Waals surface area contributed by atoms with E-state index in [9.17, 15) is 13.2 Å². The minimum atomic E-state index is -3.49. The molecule has 1 saturated carbocycles. The van der Waals surface area contributed by atoms with Gasteiger partial charge in [-0.1, -0.05) is 30.3 Å². The predicted molar refractivity (Wildman–Crippen MR) is 106 cm³/mol. The van der Waals surface area contributed by atoms with Gasteiger partial charge in [-0.3, -0.25) is 4.79 Å². The summed E-state index contributed by atoms with van der Waals surface area (Å²) in [6.45, 7) is 1.41. The molecule has 2 aromatic rings. The van der Waals surface area contributed by atoms with E-state index < -0.39 is 10.0 Å². The fourth-order valence-corrected chi connectivity index (χ4v) is 5.25. The smallest absolute Gasteiger partial charge is 0.265 e. The molecule has 1 amide bonds. The number of hydrogen-bond donors (Lipinski definition) is 0. The minimum Gasteiger partial charge on any atom is -0.335 e. The summed E-state index contributed by atoms with van der Waals surface area (Å²) in [5, 5.41) is 2.29. The zero-order chi connectivity index (χ0) is 18.9. The van der Waals surface area contributed by atoms with Gasteiger partial charge in [0.1, 0.15) is 4.88 Å². The van der Waals surface area contributed by atoms with Crippen LogP contribution in [-0.2, 0) is 10.0 Å². The number of amides is 1. The number of sulfonamides is 1. The van der Waals surface area contributed by atoms with Crippen molar-refractivity contribution in [1.82, 2.24) is 14.2 Å². The summed E-state index contributed by atoms with van der Waals surface area (Å²) in [6, 6.07) is 9.33. The molecule has 0 unspecified atom stereocenters. The van der Waals surface area contributed by atoms with Crippen LogP contribution in [0.3, 0.4) is 0 Å². The third-order valence-electron chi connectivity index (χ3n) is 4.78. The molecular weight excluding hydrogens is 382 g/mol. The molecule has 0 spiro atoms. The van der Waals surface area contributed by atoms with E-state index in [0.29, 0.717) is 37.0 Å². The molecule has 0 N–H and O–H groups in total. The Labute approximate surface area is 163 Å². The molecule has 8 heteroatoms. The van der Waals surface area contributed by atoms with E-state index in [4.69, 9.17) is 0 Å². The summed E-state index contributed by atoms with van der Waals surface area (Å²) in [6.07, 6.45) is 5.58. The quantitative estimate of drug-likeness (QED) is 0.770. The Bertz CT molecular complexity index is 942. The van der Waals surface area contributed by atoms with Crippen molar-refractivity contribution in [3.8, 4) is 0 Å². The standard InChI is InChI=1S/C19H21N3O3S2/c23-19(17-14-20-18(26-17)16-6-7-16)21-9-11-22(12-10-21)27(24,25)13-8-15-4-2-1-3-5-15/h1-5,8,13-14,16H,6-7,9-12H2/b13-8+. The van der Waals surface area contributed by atoms with E-state index in [-0.39, 0.29) is 5.91 Å². The van der Waals surface area contributed by atoms with Gasteiger partial charge in [-0.2, -0.15) is 4.31 Å². The Morgan fingerprint density at radius 2 is 1.81 bits per heavy atom. The van der Waals surface area contributed by atoms with Gasteiger partial charge < -0.3 is 4.90 Å². The zero-order valence-corrected chi connectivity index (χ0v) is 16.5. The highest BCUT2D eigenvalue weighted by atomic mass is 32.2. The first-order chi connectivity index (χ1) is 13.0. The number of nitrogens with zero attached hydrogens (tertiary/aromatic N) is 3. The van der Waals surface area contributed by atoms with Crippen LogP contribution in [-0.4, -0.2) is 54.7 Å². The van der Waals surface area contributed by atoms with E-state index >= 15 is 0 Å².